The summed E-state index contributed by atoms with van der Waals surface area (Å²) in [7, 11) is 0. The van der Waals surface area contributed by atoms with Crippen LogP contribution in [0, 0.1) is 11.3 Å². The van der Waals surface area contributed by atoms with Crippen LogP contribution in [0.25, 0.3) is 11.2 Å². The van der Waals surface area contributed by atoms with E-state index in [0.717, 1.165) is 5.52 Å². The maximum absolute atomic E-state index is 5.73. The first kappa shape index (κ1) is 13.6. The van der Waals surface area contributed by atoms with Crippen LogP contribution in [-0.2, 0) is 0 Å². The second-order valence-electron chi connectivity index (χ2n) is 6.26. The molecule has 2 aromatic heterocycles. The van der Waals surface area contributed by atoms with Gasteiger partial charge in [-0.1, -0.05) is 34.6 Å². The molecule has 6 heteroatoms. The minimum atomic E-state index is 0.108. The van der Waals surface area contributed by atoms with Crippen LogP contribution in [0.4, 0.5) is 11.8 Å². The third kappa shape index (κ3) is 2.77. The lowest BCUT2D eigenvalue weighted by molar-refractivity contribution is 0.280. The van der Waals surface area contributed by atoms with Crippen LogP contribution < -0.4 is 11.1 Å². The zero-order chi connectivity index (χ0) is 14.2. The molecule has 0 fully saturated rings. The van der Waals surface area contributed by atoms with Gasteiger partial charge in [0.25, 0.3) is 0 Å². The number of nitrogens with zero attached hydrogens (tertiary/aromatic N) is 3. The number of nitrogens with two attached hydrogens (primary N) is 1. The van der Waals surface area contributed by atoms with Crippen molar-refractivity contribution in [1.82, 2.24) is 19.9 Å². The first-order valence-electron chi connectivity index (χ1n) is 6.52. The number of nitrogens with one attached hydrogen (secondary N) is 2. The molecule has 0 aliphatic rings. The van der Waals surface area contributed by atoms with Crippen LogP contribution in [0.3, 0.4) is 0 Å². The molecule has 2 rings (SSSR count). The van der Waals surface area contributed by atoms with E-state index in [1.54, 1.807) is 6.33 Å². The van der Waals surface area contributed by atoms with Gasteiger partial charge in [0.05, 0.1) is 6.33 Å². The summed E-state index contributed by atoms with van der Waals surface area (Å²) in [6.45, 7) is 11.0. The summed E-state index contributed by atoms with van der Waals surface area (Å²) in [6.07, 6.45) is 1.60. The molecular formula is C13H22N6. The predicted octanol–water partition coefficient (Wildman–Crippen LogP) is 2.42. The fraction of sp³-hybridized carbons (Fsp3) is 0.615. The molecule has 2 heterocycles. The molecule has 6 nitrogen and oxygen atoms in total. The molecule has 0 aliphatic carbocycles. The van der Waals surface area contributed by atoms with Crippen molar-refractivity contribution in [2.24, 2.45) is 11.3 Å². The average Bonchev–Trinajstić information content (AvgIpc) is 2.70. The molecule has 0 amide bonds. The zero-order valence-corrected chi connectivity index (χ0v) is 12.2. The Labute approximate surface area is 113 Å². The van der Waals surface area contributed by atoms with Gasteiger partial charge in [0.1, 0.15) is 5.52 Å². The first-order valence-corrected chi connectivity index (χ1v) is 6.52. The Kier molecular flexibility index (Phi) is 3.34. The normalized spacial score (nSPS) is 14.0. The molecule has 0 bridgehead atoms. The molecular weight excluding hydrogens is 240 g/mol. The van der Waals surface area contributed by atoms with Gasteiger partial charge in [-0.2, -0.15) is 9.97 Å². The number of aromatic nitrogens is 4. The molecule has 19 heavy (non-hydrogen) atoms. The summed E-state index contributed by atoms with van der Waals surface area (Å²) in [5.41, 5.74) is 7.23. The van der Waals surface area contributed by atoms with Crippen LogP contribution in [0.1, 0.15) is 34.6 Å². The van der Waals surface area contributed by atoms with Gasteiger partial charge >= 0.3 is 0 Å². The van der Waals surface area contributed by atoms with Crippen molar-refractivity contribution in [3.63, 3.8) is 0 Å². The van der Waals surface area contributed by atoms with Gasteiger partial charge in [-0.15, -0.1) is 0 Å². The Morgan fingerprint density at radius 3 is 2.53 bits per heavy atom. The summed E-state index contributed by atoms with van der Waals surface area (Å²) < 4.78 is 0. The summed E-state index contributed by atoms with van der Waals surface area (Å²) in [5.74, 6) is 1.40. The number of hydrogen-bond donors (Lipinski definition) is 3. The lowest BCUT2D eigenvalue weighted by Crippen LogP contribution is -2.38. The van der Waals surface area contributed by atoms with Crippen molar-refractivity contribution in [1.29, 1.82) is 0 Å². The van der Waals surface area contributed by atoms with E-state index in [0.29, 0.717) is 17.4 Å². The number of nitrogen functional groups attached to an aromatic ring is 1. The molecule has 0 unspecified atom stereocenters. The summed E-state index contributed by atoms with van der Waals surface area (Å²) in [4.78, 5) is 15.6. The maximum atomic E-state index is 5.73. The van der Waals surface area contributed by atoms with Crippen LogP contribution >= 0.6 is 0 Å². The standard InChI is InChI=1S/C13H22N6/c1-7(2)9(13(3,4)5)17-11-8-10(16-6-15-8)18-12(14)19-11/h6-7,9H,1-5H3,(H4,14,15,16,17,18,19)/t9-/m1/s1. The van der Waals surface area contributed by atoms with Crippen LogP contribution in [0.15, 0.2) is 6.33 Å². The van der Waals surface area contributed by atoms with Gasteiger partial charge in [0.2, 0.25) is 5.95 Å². The fourth-order valence-corrected chi connectivity index (χ4v) is 2.48. The summed E-state index contributed by atoms with van der Waals surface area (Å²) in [5, 5.41) is 3.47. The predicted molar refractivity (Wildman–Crippen MR) is 77.8 cm³/mol. The van der Waals surface area contributed by atoms with E-state index in [2.05, 4.69) is 59.9 Å². The fourth-order valence-electron chi connectivity index (χ4n) is 2.48. The molecule has 0 aromatic carbocycles. The van der Waals surface area contributed by atoms with Gasteiger partial charge in [-0.25, -0.2) is 4.98 Å². The van der Waals surface area contributed by atoms with Crippen LogP contribution in [0.2, 0.25) is 0 Å². The highest BCUT2D eigenvalue weighted by Gasteiger charge is 2.28. The number of rotatable bonds is 3. The number of fused-ring (bicyclic) bond motifs is 1. The highest BCUT2D eigenvalue weighted by Crippen LogP contribution is 2.29. The van der Waals surface area contributed by atoms with E-state index >= 15 is 0 Å². The van der Waals surface area contributed by atoms with Crippen molar-refractivity contribution < 1.29 is 0 Å². The van der Waals surface area contributed by atoms with Crippen molar-refractivity contribution in [3.8, 4) is 0 Å². The quantitative estimate of drug-likeness (QED) is 0.790. The Hall–Kier alpha value is -1.85. The van der Waals surface area contributed by atoms with Gasteiger partial charge in [-0.05, 0) is 11.3 Å². The van der Waals surface area contributed by atoms with Gasteiger partial charge in [-0.3, -0.25) is 0 Å². The zero-order valence-electron chi connectivity index (χ0n) is 12.2. The van der Waals surface area contributed by atoms with E-state index in [-0.39, 0.29) is 17.4 Å². The lowest BCUT2D eigenvalue weighted by Gasteiger charge is -2.35. The molecule has 0 spiro atoms. The molecule has 0 saturated heterocycles. The number of anilines is 2. The summed E-state index contributed by atoms with van der Waals surface area (Å²) in [6, 6.07) is 0.265. The average molecular weight is 262 g/mol. The highest BCUT2D eigenvalue weighted by atomic mass is 15.1. The maximum Gasteiger partial charge on any atom is 0.224 e. The van der Waals surface area contributed by atoms with E-state index in [1.165, 1.54) is 0 Å². The minimum absolute atomic E-state index is 0.108. The highest BCUT2D eigenvalue weighted by molar-refractivity contribution is 5.83. The topological polar surface area (TPSA) is 92.5 Å². The molecule has 0 aliphatic heterocycles. The van der Waals surface area contributed by atoms with E-state index in [9.17, 15) is 0 Å². The number of H-pyrrole nitrogens is 1. The monoisotopic (exact) mass is 262 g/mol. The molecule has 104 valence electrons. The van der Waals surface area contributed by atoms with Crippen molar-refractivity contribution in [3.05, 3.63) is 6.33 Å². The first-order chi connectivity index (χ1) is 8.79. The SMILES string of the molecule is CC(C)[C@@H](Nc1nc(N)nc2[nH]cnc12)C(C)(C)C. The van der Waals surface area contributed by atoms with Gasteiger partial charge < -0.3 is 16.0 Å². The largest absolute Gasteiger partial charge is 0.368 e. The lowest BCUT2D eigenvalue weighted by atomic mass is 9.80. The molecule has 1 atom stereocenters. The summed E-state index contributed by atoms with van der Waals surface area (Å²) >= 11 is 0. The number of aromatic amines is 1. The van der Waals surface area contributed by atoms with Gasteiger partial charge in [0.15, 0.2) is 11.5 Å². The van der Waals surface area contributed by atoms with Crippen LogP contribution in [0.5, 0.6) is 0 Å². The third-order valence-corrected chi connectivity index (χ3v) is 3.19. The Morgan fingerprint density at radius 1 is 1.26 bits per heavy atom. The minimum Gasteiger partial charge on any atom is -0.368 e. The van der Waals surface area contributed by atoms with E-state index in [4.69, 9.17) is 5.73 Å². The molecule has 0 saturated carbocycles. The third-order valence-electron chi connectivity index (χ3n) is 3.19. The van der Waals surface area contributed by atoms with E-state index in [1.807, 2.05) is 0 Å². The van der Waals surface area contributed by atoms with Gasteiger partial charge in [0, 0.05) is 6.04 Å². The number of hydrogen-bond acceptors (Lipinski definition) is 5. The van der Waals surface area contributed by atoms with Crippen molar-refractivity contribution in [2.75, 3.05) is 11.1 Å². The number of imidazole rings is 1. The van der Waals surface area contributed by atoms with Crippen LogP contribution in [-0.4, -0.2) is 26.0 Å². The second-order valence-corrected chi connectivity index (χ2v) is 6.26. The Morgan fingerprint density at radius 2 is 1.95 bits per heavy atom. The Bertz CT molecular complexity index is 566. The molecule has 0 radical (unpaired) electrons. The second kappa shape index (κ2) is 4.68. The smallest absolute Gasteiger partial charge is 0.224 e. The molecule has 4 N–H and O–H groups in total. The Balaban J connectivity index is 2.41. The van der Waals surface area contributed by atoms with E-state index < -0.39 is 0 Å². The molecule has 2 aromatic rings. The van der Waals surface area contributed by atoms with Crippen molar-refractivity contribution >= 4 is 22.9 Å². The van der Waals surface area contributed by atoms with Crippen molar-refractivity contribution in [2.45, 2.75) is 40.7 Å².